The highest BCUT2D eigenvalue weighted by Crippen LogP contribution is 2.05. The van der Waals surface area contributed by atoms with E-state index in [0.717, 1.165) is 5.56 Å². The number of likely N-dealkylation sites (N-methyl/N-ethyl adjacent to an activating group) is 2. The minimum absolute atomic E-state index is 0.327. The summed E-state index contributed by atoms with van der Waals surface area (Å²) in [5, 5.41) is 11.3. The van der Waals surface area contributed by atoms with E-state index in [1.807, 2.05) is 0 Å². The molecular weight excluding hydrogens is 251 g/mol. The lowest BCUT2D eigenvalue weighted by atomic mass is 10.1. The lowest BCUT2D eigenvalue weighted by Gasteiger charge is -2.21. The van der Waals surface area contributed by atoms with Crippen LogP contribution in [0.5, 0.6) is 0 Å². The van der Waals surface area contributed by atoms with Gasteiger partial charge in [-0.3, -0.25) is 10.1 Å². The van der Waals surface area contributed by atoms with E-state index < -0.39 is 17.9 Å². The van der Waals surface area contributed by atoms with Crippen molar-refractivity contribution in [2.45, 2.75) is 12.5 Å². The SMILES string of the molecule is CNC(C(=O)O)C(=O)N(C)CCc1cccc(F)c1. The monoisotopic (exact) mass is 268 g/mol. The molecule has 1 rings (SSSR count). The van der Waals surface area contributed by atoms with E-state index in [0.29, 0.717) is 13.0 Å². The van der Waals surface area contributed by atoms with Gasteiger partial charge in [0.05, 0.1) is 0 Å². The minimum atomic E-state index is -1.25. The molecule has 0 aliphatic heterocycles. The molecule has 0 spiro atoms. The van der Waals surface area contributed by atoms with Gasteiger partial charge in [0.2, 0.25) is 0 Å². The Morgan fingerprint density at radius 3 is 2.68 bits per heavy atom. The Labute approximate surface area is 111 Å². The summed E-state index contributed by atoms with van der Waals surface area (Å²) >= 11 is 0. The minimum Gasteiger partial charge on any atom is -0.480 e. The highest BCUT2D eigenvalue weighted by atomic mass is 19.1. The molecule has 0 radical (unpaired) electrons. The zero-order valence-corrected chi connectivity index (χ0v) is 10.9. The smallest absolute Gasteiger partial charge is 0.330 e. The van der Waals surface area contributed by atoms with Crippen molar-refractivity contribution in [3.8, 4) is 0 Å². The predicted octanol–water partition coefficient (Wildman–Crippen LogP) is 0.499. The van der Waals surface area contributed by atoms with Crippen LogP contribution < -0.4 is 5.32 Å². The molecule has 6 heteroatoms. The molecule has 0 aliphatic rings. The normalized spacial score (nSPS) is 11.9. The van der Waals surface area contributed by atoms with Gasteiger partial charge in [-0.2, -0.15) is 0 Å². The zero-order valence-electron chi connectivity index (χ0n) is 10.9. The van der Waals surface area contributed by atoms with Crippen LogP contribution in [0.2, 0.25) is 0 Å². The summed E-state index contributed by atoms with van der Waals surface area (Å²) in [5.41, 5.74) is 0.760. The van der Waals surface area contributed by atoms with Crippen LogP contribution in [0.1, 0.15) is 5.56 Å². The second-order valence-corrected chi connectivity index (χ2v) is 4.20. The van der Waals surface area contributed by atoms with Crippen LogP contribution in [0.15, 0.2) is 24.3 Å². The maximum atomic E-state index is 13.0. The van der Waals surface area contributed by atoms with Crippen molar-refractivity contribution in [2.75, 3.05) is 20.6 Å². The Hall–Kier alpha value is -1.95. The number of carboxylic acids is 1. The first-order valence-electron chi connectivity index (χ1n) is 5.85. The van der Waals surface area contributed by atoms with Crippen molar-refractivity contribution in [1.82, 2.24) is 10.2 Å². The van der Waals surface area contributed by atoms with Crippen LogP contribution in [0, 0.1) is 5.82 Å². The van der Waals surface area contributed by atoms with E-state index in [1.165, 1.54) is 31.1 Å². The number of nitrogens with zero attached hydrogens (tertiary/aromatic N) is 1. The number of rotatable bonds is 6. The molecule has 5 nitrogen and oxygen atoms in total. The Morgan fingerprint density at radius 1 is 1.47 bits per heavy atom. The maximum Gasteiger partial charge on any atom is 0.330 e. The first-order valence-corrected chi connectivity index (χ1v) is 5.85. The van der Waals surface area contributed by atoms with Gasteiger partial charge in [0.15, 0.2) is 6.04 Å². The Kier molecular flexibility index (Phi) is 5.44. The van der Waals surface area contributed by atoms with Gasteiger partial charge in [0.25, 0.3) is 5.91 Å². The van der Waals surface area contributed by atoms with E-state index in [9.17, 15) is 14.0 Å². The number of hydrogen-bond donors (Lipinski definition) is 2. The summed E-state index contributed by atoms with van der Waals surface area (Å²) in [6, 6.07) is 4.84. The number of halogens is 1. The lowest BCUT2D eigenvalue weighted by Crippen LogP contribution is -2.48. The molecule has 104 valence electrons. The molecule has 0 saturated carbocycles. The van der Waals surface area contributed by atoms with Crippen molar-refractivity contribution >= 4 is 11.9 Å². The van der Waals surface area contributed by atoms with Crippen molar-refractivity contribution in [2.24, 2.45) is 0 Å². The standard InChI is InChI=1S/C13H17FN2O3/c1-15-11(13(18)19)12(17)16(2)7-6-9-4-3-5-10(14)8-9/h3-5,8,11,15H,6-7H2,1-2H3,(H,18,19). The maximum absolute atomic E-state index is 13.0. The molecular formula is C13H17FN2O3. The van der Waals surface area contributed by atoms with Crippen LogP contribution in [-0.2, 0) is 16.0 Å². The summed E-state index contributed by atoms with van der Waals surface area (Å²) < 4.78 is 13.0. The van der Waals surface area contributed by atoms with Gasteiger partial charge in [-0.05, 0) is 31.2 Å². The van der Waals surface area contributed by atoms with Crippen LogP contribution in [0.25, 0.3) is 0 Å². The molecule has 1 aromatic rings. The van der Waals surface area contributed by atoms with E-state index in [1.54, 1.807) is 12.1 Å². The van der Waals surface area contributed by atoms with Crippen molar-refractivity contribution < 1.29 is 19.1 Å². The first-order chi connectivity index (χ1) is 8.95. The molecule has 1 atom stereocenters. The summed E-state index contributed by atoms with van der Waals surface area (Å²) in [6.45, 7) is 0.327. The fourth-order valence-corrected chi connectivity index (χ4v) is 1.67. The van der Waals surface area contributed by atoms with Crippen molar-refractivity contribution in [3.63, 3.8) is 0 Å². The molecule has 0 saturated heterocycles. The quantitative estimate of drug-likeness (QED) is 0.737. The highest BCUT2D eigenvalue weighted by Gasteiger charge is 2.26. The summed E-state index contributed by atoms with van der Waals surface area (Å²) in [7, 11) is 2.94. The Bertz CT molecular complexity index is 465. The number of hydrogen-bond acceptors (Lipinski definition) is 3. The van der Waals surface area contributed by atoms with Gasteiger partial charge in [0, 0.05) is 13.6 Å². The molecule has 2 N–H and O–H groups in total. The molecule has 0 aromatic heterocycles. The van der Waals surface area contributed by atoms with Gasteiger partial charge in [0.1, 0.15) is 5.82 Å². The molecule has 1 aromatic carbocycles. The van der Waals surface area contributed by atoms with Gasteiger partial charge < -0.3 is 10.0 Å². The van der Waals surface area contributed by atoms with E-state index in [4.69, 9.17) is 5.11 Å². The van der Waals surface area contributed by atoms with Crippen LogP contribution in [-0.4, -0.2) is 48.6 Å². The molecule has 0 aliphatic carbocycles. The second kappa shape index (κ2) is 6.84. The number of nitrogens with one attached hydrogen (secondary N) is 1. The van der Waals surface area contributed by atoms with Gasteiger partial charge in [-0.15, -0.1) is 0 Å². The van der Waals surface area contributed by atoms with Gasteiger partial charge >= 0.3 is 5.97 Å². The molecule has 0 fully saturated rings. The predicted molar refractivity (Wildman–Crippen MR) is 68.2 cm³/mol. The zero-order chi connectivity index (χ0) is 14.4. The van der Waals surface area contributed by atoms with Crippen LogP contribution >= 0.6 is 0 Å². The Morgan fingerprint density at radius 2 is 2.16 bits per heavy atom. The van der Waals surface area contributed by atoms with Crippen molar-refractivity contribution in [1.29, 1.82) is 0 Å². The average molecular weight is 268 g/mol. The Balaban J connectivity index is 2.57. The number of carboxylic acid groups (broad SMARTS) is 1. The molecule has 1 unspecified atom stereocenters. The van der Waals surface area contributed by atoms with Gasteiger partial charge in [-0.25, -0.2) is 9.18 Å². The summed E-state index contributed by atoms with van der Waals surface area (Å²) in [6.07, 6.45) is 0.468. The summed E-state index contributed by atoms with van der Waals surface area (Å²) in [5.74, 6) is -2.07. The number of aliphatic carboxylic acids is 1. The van der Waals surface area contributed by atoms with Crippen LogP contribution in [0.4, 0.5) is 4.39 Å². The average Bonchev–Trinajstić information content (AvgIpc) is 2.36. The highest BCUT2D eigenvalue weighted by molar-refractivity contribution is 6.01. The van der Waals surface area contributed by atoms with Crippen molar-refractivity contribution in [3.05, 3.63) is 35.6 Å². The number of carbonyl (C=O) groups excluding carboxylic acids is 1. The van der Waals surface area contributed by atoms with Crippen LogP contribution in [0.3, 0.4) is 0 Å². The topological polar surface area (TPSA) is 69.6 Å². The molecule has 19 heavy (non-hydrogen) atoms. The fourth-order valence-electron chi connectivity index (χ4n) is 1.67. The molecule has 0 heterocycles. The second-order valence-electron chi connectivity index (χ2n) is 4.20. The number of amides is 1. The molecule has 1 amide bonds. The number of benzene rings is 1. The third kappa shape index (κ3) is 4.33. The third-order valence-corrected chi connectivity index (χ3v) is 2.78. The molecule has 0 bridgehead atoms. The summed E-state index contributed by atoms with van der Waals surface area (Å²) in [4.78, 5) is 24.0. The van der Waals surface area contributed by atoms with E-state index >= 15 is 0 Å². The van der Waals surface area contributed by atoms with E-state index in [2.05, 4.69) is 5.32 Å². The lowest BCUT2D eigenvalue weighted by molar-refractivity contribution is -0.147. The fraction of sp³-hybridized carbons (Fsp3) is 0.385. The van der Waals surface area contributed by atoms with E-state index in [-0.39, 0.29) is 5.82 Å². The number of carbonyl (C=O) groups is 2. The first kappa shape index (κ1) is 15.1. The largest absolute Gasteiger partial charge is 0.480 e. The van der Waals surface area contributed by atoms with Gasteiger partial charge in [-0.1, -0.05) is 12.1 Å². The third-order valence-electron chi connectivity index (χ3n) is 2.78.